The van der Waals surface area contributed by atoms with Gasteiger partial charge in [0.05, 0.1) is 21.3 Å². The maximum atomic E-state index is 14.4. The number of amides is 2. The van der Waals surface area contributed by atoms with E-state index < -0.39 is 34.8 Å². The highest BCUT2D eigenvalue weighted by molar-refractivity contribution is 6.35. The van der Waals surface area contributed by atoms with E-state index in [9.17, 15) is 29.4 Å². The van der Waals surface area contributed by atoms with Crippen LogP contribution in [0.1, 0.15) is 67.3 Å². The lowest BCUT2D eigenvalue weighted by atomic mass is 9.69. The van der Waals surface area contributed by atoms with E-state index in [1.54, 1.807) is 13.0 Å². The van der Waals surface area contributed by atoms with Crippen molar-refractivity contribution in [1.29, 1.82) is 0 Å². The summed E-state index contributed by atoms with van der Waals surface area (Å²) in [5.41, 5.74) is -1.72. The second kappa shape index (κ2) is 12.7. The molecule has 6 atom stereocenters. The lowest BCUT2D eigenvalue weighted by Gasteiger charge is -2.52. The van der Waals surface area contributed by atoms with Crippen LogP contribution in [-0.2, 0) is 14.4 Å². The molecule has 4 unspecified atom stereocenters. The van der Waals surface area contributed by atoms with E-state index in [1.807, 2.05) is 9.80 Å². The van der Waals surface area contributed by atoms with Crippen LogP contribution >= 0.6 is 11.6 Å². The number of hydrogen-bond donors (Lipinski definition) is 2. The molecule has 2 N–H and O–H groups in total. The zero-order chi connectivity index (χ0) is 35.6. The van der Waals surface area contributed by atoms with Crippen molar-refractivity contribution in [2.75, 3.05) is 41.0 Å². The zero-order valence-electron chi connectivity index (χ0n) is 28.5. The Morgan fingerprint density at radius 1 is 1.04 bits per heavy atom. The minimum Gasteiger partial charge on any atom is -0.507 e. The number of benzene rings is 2. The first-order valence-electron chi connectivity index (χ1n) is 17.0. The number of carbonyl (C=O) groups excluding carboxylic acids is 4. The number of fused-ring (bicyclic) bond motifs is 5. The van der Waals surface area contributed by atoms with Crippen LogP contribution in [0, 0.1) is 17.8 Å². The van der Waals surface area contributed by atoms with Gasteiger partial charge in [0.2, 0.25) is 23.2 Å². The van der Waals surface area contributed by atoms with E-state index in [2.05, 4.69) is 0 Å². The van der Waals surface area contributed by atoms with Crippen molar-refractivity contribution < 1.29 is 48.3 Å². The molecule has 4 aliphatic heterocycles. The highest BCUT2D eigenvalue weighted by Gasteiger charge is 2.61. The first-order valence-corrected chi connectivity index (χ1v) is 17.4. The third-order valence-electron chi connectivity index (χ3n) is 11.4. The Labute approximate surface area is 294 Å². The molecule has 2 aromatic rings. The van der Waals surface area contributed by atoms with Gasteiger partial charge in [-0.15, -0.1) is 0 Å². The number of aliphatic hydroxyl groups is 1. The molecule has 12 nitrogen and oxygen atoms in total. The predicted molar refractivity (Wildman–Crippen MR) is 180 cm³/mol. The summed E-state index contributed by atoms with van der Waals surface area (Å²) in [6, 6.07) is 6.06. The van der Waals surface area contributed by atoms with Crippen LogP contribution in [0.2, 0.25) is 5.02 Å². The Morgan fingerprint density at radius 2 is 1.78 bits per heavy atom. The number of nitrogens with zero attached hydrogens (tertiary/aromatic N) is 2. The lowest BCUT2D eigenvalue weighted by Crippen LogP contribution is -2.61. The molecular weight excluding hydrogens is 668 g/mol. The summed E-state index contributed by atoms with van der Waals surface area (Å²) >= 11 is 6.63. The zero-order valence-corrected chi connectivity index (χ0v) is 29.2. The summed E-state index contributed by atoms with van der Waals surface area (Å²) in [4.78, 5) is 59.4. The van der Waals surface area contributed by atoms with E-state index in [0.29, 0.717) is 31.6 Å². The molecule has 0 aromatic heterocycles. The number of aromatic hydroxyl groups is 1. The highest BCUT2D eigenvalue weighted by atomic mass is 35.5. The lowest BCUT2D eigenvalue weighted by molar-refractivity contribution is -0.148. The first-order chi connectivity index (χ1) is 23.9. The number of allylic oxidation sites excluding steroid dienone is 1. The fraction of sp³-hybridized carbons (Fsp3) is 0.514. The molecule has 0 radical (unpaired) electrons. The number of halogens is 1. The third kappa shape index (κ3) is 5.17. The number of aliphatic hydroxyl groups excluding tert-OH is 1. The molecular formula is C37H41ClN2O10. The predicted octanol–water partition coefficient (Wildman–Crippen LogP) is 4.84. The topological polar surface area (TPSA) is 152 Å². The van der Waals surface area contributed by atoms with Gasteiger partial charge < -0.3 is 39.0 Å². The second-order valence-electron chi connectivity index (χ2n) is 14.1. The van der Waals surface area contributed by atoms with E-state index in [0.717, 1.165) is 19.3 Å². The number of hydrogen-bond acceptors (Lipinski definition) is 10. The normalized spacial score (nSPS) is 27.9. The number of likely N-dealkylation sites (tertiary alicyclic amines) is 1. The Morgan fingerprint density at radius 3 is 2.50 bits per heavy atom. The minimum absolute atomic E-state index is 0.0100. The molecule has 4 heterocycles. The summed E-state index contributed by atoms with van der Waals surface area (Å²) in [5.74, 6) is -3.03. The smallest absolute Gasteiger partial charge is 0.231 e. The molecule has 13 heteroatoms. The van der Waals surface area contributed by atoms with Crippen LogP contribution < -0.4 is 18.9 Å². The van der Waals surface area contributed by atoms with Crippen molar-refractivity contribution in [3.8, 4) is 28.7 Å². The standard InChI is InChI=1S/C37H41ClN2O10/c1-18-10-25(42)31(35(45)37(18)36(46)32-27(48-3)14-28(49-4)33(38)34(32)50-37)22(20-8-9-24(41)26(12-20)47-2)13-30(44)39-15-19-11-21(17-39)23-6-5-7-29(43)40(23)16-19/h8-9,12,14,18-19,21-23,41,45H,5-7,10-11,13,15-17H2,1-4H3/t18-,19?,21?,22?,23?,37+/m1/s1. The molecule has 50 heavy (non-hydrogen) atoms. The number of phenolic OH excluding ortho intramolecular Hbond substituents is 1. The van der Waals surface area contributed by atoms with Crippen LogP contribution in [0.4, 0.5) is 0 Å². The SMILES string of the molecule is COc1cc(C(CC(=O)N2CC3CC(C2)C2CCCC(=O)N2C3)C2=C(O)[C@@]3(Oc4c(Cl)c(OC)cc(OC)c4C3=O)[C@H](C)CC2=O)ccc1O. The number of ether oxygens (including phenoxy) is 4. The van der Waals surface area contributed by atoms with Gasteiger partial charge in [0, 0.05) is 68.4 Å². The number of rotatable bonds is 7. The van der Waals surface area contributed by atoms with Gasteiger partial charge >= 0.3 is 0 Å². The van der Waals surface area contributed by atoms with Gasteiger partial charge in [0.25, 0.3) is 0 Å². The maximum absolute atomic E-state index is 14.4. The van der Waals surface area contributed by atoms with Crippen LogP contribution in [0.25, 0.3) is 0 Å². The molecule has 3 saturated heterocycles. The van der Waals surface area contributed by atoms with E-state index in [4.69, 9.17) is 30.5 Å². The van der Waals surface area contributed by atoms with E-state index in [-0.39, 0.29) is 87.4 Å². The van der Waals surface area contributed by atoms with Crippen LogP contribution in [-0.4, -0.2) is 96.0 Å². The summed E-state index contributed by atoms with van der Waals surface area (Å²) in [6.07, 6.45) is 2.87. The molecule has 5 aliphatic rings. The summed E-state index contributed by atoms with van der Waals surface area (Å²) in [7, 11) is 4.18. The van der Waals surface area contributed by atoms with Crippen molar-refractivity contribution in [2.24, 2.45) is 17.8 Å². The van der Waals surface area contributed by atoms with Crippen molar-refractivity contribution in [1.82, 2.24) is 9.80 Å². The molecule has 3 fully saturated rings. The Hall–Kier alpha value is -4.45. The molecule has 2 amide bonds. The molecule has 7 rings (SSSR count). The Kier molecular flexibility index (Phi) is 8.64. The Bertz CT molecular complexity index is 1830. The van der Waals surface area contributed by atoms with Gasteiger partial charge in [-0.3, -0.25) is 19.2 Å². The van der Waals surface area contributed by atoms with Crippen molar-refractivity contribution >= 4 is 35.0 Å². The average Bonchev–Trinajstić information content (AvgIpc) is 3.42. The first kappa shape index (κ1) is 34.0. The number of phenols is 1. The molecule has 2 aromatic carbocycles. The minimum atomic E-state index is -2.03. The van der Waals surface area contributed by atoms with Gasteiger partial charge in [-0.2, -0.15) is 0 Å². The fourth-order valence-corrected chi connectivity index (χ4v) is 9.22. The highest BCUT2D eigenvalue weighted by Crippen LogP contribution is 2.56. The van der Waals surface area contributed by atoms with Gasteiger partial charge in [-0.05, 0) is 48.8 Å². The van der Waals surface area contributed by atoms with Crippen molar-refractivity contribution in [3.63, 3.8) is 0 Å². The van der Waals surface area contributed by atoms with Crippen LogP contribution in [0.3, 0.4) is 0 Å². The summed E-state index contributed by atoms with van der Waals surface area (Å²) in [5, 5.41) is 22.7. The van der Waals surface area contributed by atoms with E-state index >= 15 is 0 Å². The van der Waals surface area contributed by atoms with E-state index in [1.165, 1.54) is 39.5 Å². The summed E-state index contributed by atoms with van der Waals surface area (Å²) in [6.45, 7) is 3.20. The molecule has 266 valence electrons. The van der Waals surface area contributed by atoms with Crippen LogP contribution in [0.15, 0.2) is 35.6 Å². The summed E-state index contributed by atoms with van der Waals surface area (Å²) < 4.78 is 22.6. The molecule has 0 saturated carbocycles. The van der Waals surface area contributed by atoms with Gasteiger partial charge in [-0.1, -0.05) is 24.6 Å². The third-order valence-corrected chi connectivity index (χ3v) is 11.7. The second-order valence-corrected chi connectivity index (χ2v) is 14.5. The fourth-order valence-electron chi connectivity index (χ4n) is 8.95. The molecule has 2 bridgehead atoms. The maximum Gasteiger partial charge on any atom is 0.231 e. The largest absolute Gasteiger partial charge is 0.507 e. The molecule has 1 spiro atoms. The number of carbonyl (C=O) groups is 4. The monoisotopic (exact) mass is 708 g/mol. The quantitative estimate of drug-likeness (QED) is 0.409. The van der Waals surface area contributed by atoms with Gasteiger partial charge in [0.1, 0.15) is 22.1 Å². The van der Waals surface area contributed by atoms with Crippen molar-refractivity contribution in [3.05, 3.63) is 51.7 Å². The van der Waals surface area contributed by atoms with Crippen LogP contribution in [0.5, 0.6) is 28.7 Å². The number of methoxy groups -OCH3 is 3. The number of piperidine rings is 3. The number of ketones is 2. The Balaban J connectivity index is 1.30. The van der Waals surface area contributed by atoms with Gasteiger partial charge in [-0.25, -0.2) is 0 Å². The average molecular weight is 709 g/mol. The van der Waals surface area contributed by atoms with Crippen molar-refractivity contribution in [2.45, 2.75) is 63.0 Å². The number of Topliss-reactive ketones (excluding diaryl/α,β-unsaturated/α-hetero) is 2. The van der Waals surface area contributed by atoms with Gasteiger partial charge in [0.15, 0.2) is 28.8 Å². The molecule has 1 aliphatic carbocycles.